The van der Waals surface area contributed by atoms with Crippen LogP contribution in [0.3, 0.4) is 0 Å². The summed E-state index contributed by atoms with van der Waals surface area (Å²) in [4.78, 5) is 14.3. The van der Waals surface area contributed by atoms with Gasteiger partial charge in [-0.2, -0.15) is 0 Å². The van der Waals surface area contributed by atoms with Crippen molar-refractivity contribution < 1.29 is 13.2 Å². The van der Waals surface area contributed by atoms with Gasteiger partial charge in [0.15, 0.2) is 0 Å². The third-order valence-electron chi connectivity index (χ3n) is 5.32. The number of fused-ring (bicyclic) bond motifs is 1. The van der Waals surface area contributed by atoms with Crippen molar-refractivity contribution in [3.05, 3.63) is 0 Å². The first-order valence-electron chi connectivity index (χ1n) is 7.63. The predicted octanol–water partition coefficient (Wildman–Crippen LogP) is 0.915. The Labute approximate surface area is 121 Å². The molecule has 2 aliphatic heterocycles. The van der Waals surface area contributed by atoms with E-state index in [-0.39, 0.29) is 23.0 Å². The van der Waals surface area contributed by atoms with Crippen LogP contribution in [0.25, 0.3) is 0 Å². The summed E-state index contributed by atoms with van der Waals surface area (Å²) in [6.45, 7) is 4.14. The van der Waals surface area contributed by atoms with E-state index in [0.717, 1.165) is 25.8 Å². The summed E-state index contributed by atoms with van der Waals surface area (Å²) in [7, 11) is -1.45. The van der Waals surface area contributed by atoms with Crippen LogP contribution in [0.1, 0.15) is 32.6 Å². The maximum absolute atomic E-state index is 12.4. The van der Waals surface area contributed by atoms with Crippen LogP contribution in [0.4, 0.5) is 0 Å². The zero-order valence-corrected chi connectivity index (χ0v) is 13.1. The summed E-state index contributed by atoms with van der Waals surface area (Å²) < 4.78 is 25.9. The third kappa shape index (κ3) is 2.26. The summed E-state index contributed by atoms with van der Waals surface area (Å²) in [5.41, 5.74) is 0. The number of nitrogens with zero attached hydrogens (tertiary/aromatic N) is 2. The molecule has 0 aromatic carbocycles. The van der Waals surface area contributed by atoms with Gasteiger partial charge in [-0.25, -0.2) is 12.7 Å². The molecule has 2 heterocycles. The lowest BCUT2D eigenvalue weighted by atomic mass is 9.75. The Morgan fingerprint density at radius 3 is 2.45 bits per heavy atom. The summed E-state index contributed by atoms with van der Waals surface area (Å²) in [6.07, 6.45) is 3.43. The summed E-state index contributed by atoms with van der Waals surface area (Å²) in [5.74, 6) is 1.32. The van der Waals surface area contributed by atoms with Gasteiger partial charge in [-0.15, -0.1) is 0 Å². The molecule has 20 heavy (non-hydrogen) atoms. The van der Waals surface area contributed by atoms with Gasteiger partial charge in [0.05, 0.1) is 5.25 Å². The maximum Gasteiger partial charge on any atom is 0.225 e. The number of likely N-dealkylation sites (tertiary alicyclic amines) is 1. The van der Waals surface area contributed by atoms with Crippen LogP contribution < -0.4 is 0 Å². The van der Waals surface area contributed by atoms with Crippen molar-refractivity contribution in [2.45, 2.75) is 37.9 Å². The lowest BCUT2D eigenvalue weighted by molar-refractivity contribution is -0.139. The molecule has 6 heteroatoms. The summed E-state index contributed by atoms with van der Waals surface area (Å²) in [5, 5.41) is -0.273. The van der Waals surface area contributed by atoms with Crippen molar-refractivity contribution in [3.8, 4) is 0 Å². The van der Waals surface area contributed by atoms with E-state index in [0.29, 0.717) is 25.4 Å². The molecular weight excluding hydrogens is 276 g/mol. The van der Waals surface area contributed by atoms with E-state index >= 15 is 0 Å². The van der Waals surface area contributed by atoms with Crippen molar-refractivity contribution in [1.82, 2.24) is 9.21 Å². The average Bonchev–Trinajstić information content (AvgIpc) is 2.54. The molecule has 0 radical (unpaired) electrons. The first-order valence-corrected chi connectivity index (χ1v) is 9.14. The number of carbonyl (C=O) groups excluding carboxylic acids is 1. The largest absolute Gasteiger partial charge is 0.342 e. The van der Waals surface area contributed by atoms with Gasteiger partial charge in [0.1, 0.15) is 0 Å². The zero-order chi connectivity index (χ0) is 14.5. The molecule has 1 aliphatic carbocycles. The molecule has 0 N–H and O–H groups in total. The molecule has 3 fully saturated rings. The molecule has 2 saturated heterocycles. The van der Waals surface area contributed by atoms with E-state index < -0.39 is 10.0 Å². The van der Waals surface area contributed by atoms with Crippen LogP contribution in [-0.2, 0) is 14.8 Å². The van der Waals surface area contributed by atoms with Gasteiger partial charge < -0.3 is 4.90 Å². The van der Waals surface area contributed by atoms with E-state index in [2.05, 4.69) is 6.92 Å². The third-order valence-corrected chi connectivity index (χ3v) is 7.73. The van der Waals surface area contributed by atoms with E-state index in [4.69, 9.17) is 0 Å². The fourth-order valence-corrected chi connectivity index (χ4v) is 5.96. The first-order chi connectivity index (χ1) is 9.39. The van der Waals surface area contributed by atoms with Crippen LogP contribution in [0.5, 0.6) is 0 Å². The minimum atomic E-state index is -3.12. The molecule has 0 spiro atoms. The second kappa shape index (κ2) is 4.98. The Bertz CT molecular complexity index is 499. The zero-order valence-electron chi connectivity index (χ0n) is 12.3. The second-order valence-electron chi connectivity index (χ2n) is 6.80. The number of sulfonamides is 1. The number of hydrogen-bond donors (Lipinski definition) is 0. The number of rotatable bonds is 1. The molecule has 3 rings (SSSR count). The van der Waals surface area contributed by atoms with Gasteiger partial charge >= 0.3 is 0 Å². The molecule has 2 atom stereocenters. The highest BCUT2D eigenvalue weighted by Crippen LogP contribution is 2.37. The Morgan fingerprint density at radius 1 is 1.15 bits per heavy atom. The van der Waals surface area contributed by atoms with Crippen LogP contribution >= 0.6 is 0 Å². The lowest BCUT2D eigenvalue weighted by Crippen LogP contribution is -2.42. The molecular formula is C14H24N2O3S. The van der Waals surface area contributed by atoms with Crippen molar-refractivity contribution in [1.29, 1.82) is 0 Å². The molecule has 1 amide bonds. The SMILES string of the molecule is CC1CC(C(=O)N2CC[C@@H]3CN(C)S(=O)(=O)[C@@H]3CC2)C1. The topological polar surface area (TPSA) is 57.7 Å². The highest BCUT2D eigenvalue weighted by molar-refractivity contribution is 7.90. The van der Waals surface area contributed by atoms with Crippen molar-refractivity contribution in [2.75, 3.05) is 26.7 Å². The fraction of sp³-hybridized carbons (Fsp3) is 0.929. The standard InChI is InChI=1S/C14H24N2O3S/c1-10-7-12(8-10)14(17)16-5-3-11-9-15(2)20(18,19)13(11)4-6-16/h10-13H,3-9H2,1-2H3/t10?,11-,12?,13-/m1/s1. The number of amides is 1. The van der Waals surface area contributed by atoms with E-state index in [1.807, 2.05) is 4.90 Å². The van der Waals surface area contributed by atoms with E-state index in [1.165, 1.54) is 4.31 Å². The van der Waals surface area contributed by atoms with E-state index in [9.17, 15) is 13.2 Å². The molecule has 0 unspecified atom stereocenters. The van der Waals surface area contributed by atoms with Gasteiger partial charge in [0, 0.05) is 32.6 Å². The minimum absolute atomic E-state index is 0.197. The van der Waals surface area contributed by atoms with Crippen molar-refractivity contribution in [3.63, 3.8) is 0 Å². The lowest BCUT2D eigenvalue weighted by Gasteiger charge is -2.35. The van der Waals surface area contributed by atoms with Crippen LogP contribution in [0.2, 0.25) is 0 Å². The summed E-state index contributed by atoms with van der Waals surface area (Å²) in [6, 6.07) is 0. The quantitative estimate of drug-likeness (QED) is 0.723. The first kappa shape index (κ1) is 14.3. The maximum atomic E-state index is 12.4. The Kier molecular flexibility index (Phi) is 3.57. The minimum Gasteiger partial charge on any atom is -0.342 e. The van der Waals surface area contributed by atoms with Crippen LogP contribution in [0.15, 0.2) is 0 Å². The highest BCUT2D eigenvalue weighted by atomic mass is 32.2. The smallest absolute Gasteiger partial charge is 0.225 e. The normalized spacial score (nSPS) is 40.8. The molecule has 5 nitrogen and oxygen atoms in total. The number of carbonyl (C=O) groups is 1. The summed E-state index contributed by atoms with van der Waals surface area (Å²) >= 11 is 0. The molecule has 1 saturated carbocycles. The number of hydrogen-bond acceptors (Lipinski definition) is 3. The molecule has 0 bridgehead atoms. The monoisotopic (exact) mass is 300 g/mol. The van der Waals surface area contributed by atoms with Gasteiger partial charge in [0.2, 0.25) is 15.9 Å². The fourth-order valence-electron chi connectivity index (χ4n) is 3.99. The molecule has 3 aliphatic rings. The molecule has 0 aromatic heterocycles. The van der Waals surface area contributed by atoms with Gasteiger partial charge in [-0.1, -0.05) is 6.92 Å². The Hall–Kier alpha value is -0.620. The predicted molar refractivity (Wildman–Crippen MR) is 76.5 cm³/mol. The van der Waals surface area contributed by atoms with E-state index in [1.54, 1.807) is 7.05 Å². The molecule has 114 valence electrons. The molecule has 0 aromatic rings. The van der Waals surface area contributed by atoms with Crippen LogP contribution in [-0.4, -0.2) is 55.5 Å². The van der Waals surface area contributed by atoms with Crippen molar-refractivity contribution in [2.24, 2.45) is 17.8 Å². The average molecular weight is 300 g/mol. The Morgan fingerprint density at radius 2 is 1.80 bits per heavy atom. The van der Waals surface area contributed by atoms with Gasteiger partial charge in [-0.05, 0) is 37.5 Å². The van der Waals surface area contributed by atoms with Gasteiger partial charge in [0.25, 0.3) is 0 Å². The van der Waals surface area contributed by atoms with Gasteiger partial charge in [-0.3, -0.25) is 4.79 Å². The van der Waals surface area contributed by atoms with Crippen molar-refractivity contribution >= 4 is 15.9 Å². The second-order valence-corrected chi connectivity index (χ2v) is 9.06. The van der Waals surface area contributed by atoms with Crippen LogP contribution in [0, 0.1) is 17.8 Å². The highest BCUT2D eigenvalue weighted by Gasteiger charge is 2.46. The Balaban J connectivity index is 1.66.